The minimum Gasteiger partial charge on any atom is -0.465 e. The molecule has 0 radical (unpaired) electrons. The lowest BCUT2D eigenvalue weighted by molar-refractivity contribution is 0.209. The first kappa shape index (κ1) is 12.7. The summed E-state index contributed by atoms with van der Waals surface area (Å²) in [5.41, 5.74) is 0.941. The number of hydrogen-bond donors (Lipinski definition) is 4. The van der Waals surface area contributed by atoms with Gasteiger partial charge in [-0.15, -0.1) is 0 Å². The van der Waals surface area contributed by atoms with E-state index in [-0.39, 0.29) is 5.69 Å². The van der Waals surface area contributed by atoms with Gasteiger partial charge in [0.2, 0.25) is 0 Å². The fourth-order valence-electron chi connectivity index (χ4n) is 1.85. The van der Waals surface area contributed by atoms with E-state index in [1.54, 1.807) is 30.3 Å². The number of aromatic nitrogens is 3. The van der Waals surface area contributed by atoms with E-state index in [9.17, 15) is 9.59 Å². The molecule has 8 heteroatoms. The molecule has 21 heavy (non-hydrogen) atoms. The monoisotopic (exact) mass is 286 g/mol. The minimum absolute atomic E-state index is 0.366. The summed E-state index contributed by atoms with van der Waals surface area (Å²) in [6.07, 6.45) is 0.381. The van der Waals surface area contributed by atoms with E-state index in [2.05, 4.69) is 20.3 Å². The van der Waals surface area contributed by atoms with Crippen molar-refractivity contribution in [2.45, 2.75) is 0 Å². The summed E-state index contributed by atoms with van der Waals surface area (Å²) in [5, 5.41) is 10.8. The summed E-state index contributed by atoms with van der Waals surface area (Å²) >= 11 is 0. The number of fused-ring (bicyclic) bond motifs is 1. The molecule has 3 rings (SSSR count). The zero-order valence-electron chi connectivity index (χ0n) is 10.6. The summed E-state index contributed by atoms with van der Waals surface area (Å²) in [6.45, 7) is 0. The standard InChI is InChI=1S/C13H10N4O4/c18-12-16-10-9(5-6-14-11(10)17-12)21-8-3-1-7(2-4-8)15-13(19)20/h1-6,15H,(H,19,20)(H2,14,16,17,18). The minimum atomic E-state index is -1.13. The number of nitrogens with one attached hydrogen (secondary N) is 3. The van der Waals surface area contributed by atoms with Gasteiger partial charge in [-0.05, 0) is 24.3 Å². The average molecular weight is 286 g/mol. The van der Waals surface area contributed by atoms with Gasteiger partial charge in [-0.25, -0.2) is 14.6 Å². The van der Waals surface area contributed by atoms with Gasteiger partial charge in [0.15, 0.2) is 11.4 Å². The molecule has 106 valence electrons. The molecular formula is C13H10N4O4. The Kier molecular flexibility index (Phi) is 3.03. The van der Waals surface area contributed by atoms with E-state index in [0.29, 0.717) is 28.4 Å². The molecule has 1 amide bonds. The van der Waals surface area contributed by atoms with E-state index in [4.69, 9.17) is 9.84 Å². The van der Waals surface area contributed by atoms with Crippen LogP contribution in [0.3, 0.4) is 0 Å². The number of amides is 1. The molecule has 3 aromatic rings. The molecule has 0 aliphatic heterocycles. The van der Waals surface area contributed by atoms with Crippen molar-refractivity contribution in [2.75, 3.05) is 5.32 Å². The molecule has 0 aliphatic carbocycles. The predicted molar refractivity (Wildman–Crippen MR) is 74.9 cm³/mol. The van der Waals surface area contributed by atoms with Gasteiger partial charge in [0.25, 0.3) is 0 Å². The highest BCUT2D eigenvalue weighted by Gasteiger charge is 2.07. The maximum absolute atomic E-state index is 11.3. The van der Waals surface area contributed by atoms with Crippen LogP contribution < -0.4 is 15.7 Å². The number of rotatable bonds is 3. The van der Waals surface area contributed by atoms with Gasteiger partial charge in [-0.3, -0.25) is 10.3 Å². The van der Waals surface area contributed by atoms with Crippen molar-refractivity contribution in [3.05, 3.63) is 47.0 Å². The summed E-state index contributed by atoms with van der Waals surface area (Å²) in [4.78, 5) is 30.9. The zero-order valence-corrected chi connectivity index (χ0v) is 10.6. The van der Waals surface area contributed by atoms with Crippen LogP contribution >= 0.6 is 0 Å². The van der Waals surface area contributed by atoms with Gasteiger partial charge >= 0.3 is 11.8 Å². The Morgan fingerprint density at radius 1 is 1.19 bits per heavy atom. The molecule has 2 aromatic heterocycles. The first-order valence-corrected chi connectivity index (χ1v) is 5.97. The Morgan fingerprint density at radius 2 is 1.95 bits per heavy atom. The lowest BCUT2D eigenvalue weighted by Crippen LogP contribution is -2.06. The maximum atomic E-state index is 11.3. The molecule has 0 fully saturated rings. The van der Waals surface area contributed by atoms with Crippen LogP contribution in [0.15, 0.2) is 41.3 Å². The number of nitrogens with zero attached hydrogens (tertiary/aromatic N) is 1. The Bertz CT molecular complexity index is 850. The number of benzene rings is 1. The smallest absolute Gasteiger partial charge is 0.409 e. The molecule has 0 saturated carbocycles. The molecule has 4 N–H and O–H groups in total. The first-order chi connectivity index (χ1) is 10.1. The van der Waals surface area contributed by atoms with E-state index < -0.39 is 6.09 Å². The van der Waals surface area contributed by atoms with Gasteiger partial charge in [-0.1, -0.05) is 0 Å². The van der Waals surface area contributed by atoms with Gasteiger partial charge in [0.05, 0.1) is 0 Å². The third-order valence-corrected chi connectivity index (χ3v) is 2.72. The van der Waals surface area contributed by atoms with Crippen LogP contribution in [-0.4, -0.2) is 26.2 Å². The highest BCUT2D eigenvalue weighted by Crippen LogP contribution is 2.26. The topological polar surface area (TPSA) is 120 Å². The fraction of sp³-hybridized carbons (Fsp3) is 0. The van der Waals surface area contributed by atoms with Crippen LogP contribution in [0.2, 0.25) is 0 Å². The summed E-state index contributed by atoms with van der Waals surface area (Å²) in [6, 6.07) is 7.99. The molecule has 0 aliphatic rings. The van der Waals surface area contributed by atoms with E-state index in [1.165, 1.54) is 6.20 Å². The van der Waals surface area contributed by atoms with E-state index in [0.717, 1.165) is 0 Å². The van der Waals surface area contributed by atoms with Crippen molar-refractivity contribution in [3.8, 4) is 11.5 Å². The van der Waals surface area contributed by atoms with Crippen LogP contribution in [0.25, 0.3) is 11.2 Å². The fourth-order valence-corrected chi connectivity index (χ4v) is 1.85. The van der Waals surface area contributed by atoms with E-state index in [1.807, 2.05) is 0 Å². The van der Waals surface area contributed by atoms with Crippen LogP contribution in [0.1, 0.15) is 0 Å². The lowest BCUT2D eigenvalue weighted by atomic mass is 10.3. The summed E-state index contributed by atoms with van der Waals surface area (Å²) < 4.78 is 5.66. The average Bonchev–Trinajstić information content (AvgIpc) is 2.82. The number of aromatic amines is 2. The number of hydrogen-bond acceptors (Lipinski definition) is 4. The molecule has 0 saturated heterocycles. The van der Waals surface area contributed by atoms with Gasteiger partial charge in [0, 0.05) is 18.0 Å². The van der Waals surface area contributed by atoms with Crippen molar-refractivity contribution in [2.24, 2.45) is 0 Å². The van der Waals surface area contributed by atoms with Crippen LogP contribution in [-0.2, 0) is 0 Å². The third kappa shape index (κ3) is 2.68. The second kappa shape index (κ2) is 5.00. The summed E-state index contributed by atoms with van der Waals surface area (Å²) in [5.74, 6) is 0.942. The van der Waals surface area contributed by atoms with Gasteiger partial charge in [0.1, 0.15) is 11.3 Å². The van der Waals surface area contributed by atoms with Gasteiger partial charge < -0.3 is 14.8 Å². The molecule has 0 atom stereocenters. The molecule has 0 unspecified atom stereocenters. The predicted octanol–water partition coefficient (Wildman–Crippen LogP) is 2.13. The molecule has 0 spiro atoms. The van der Waals surface area contributed by atoms with Gasteiger partial charge in [-0.2, -0.15) is 0 Å². The summed E-state index contributed by atoms with van der Waals surface area (Å²) in [7, 11) is 0. The SMILES string of the molecule is O=C(O)Nc1ccc(Oc2ccnc3[nH]c(=O)[nH]c23)cc1. The number of imidazole rings is 1. The van der Waals surface area contributed by atoms with Crippen LogP contribution in [0.4, 0.5) is 10.5 Å². The zero-order chi connectivity index (χ0) is 14.8. The molecular weight excluding hydrogens is 276 g/mol. The largest absolute Gasteiger partial charge is 0.465 e. The van der Waals surface area contributed by atoms with Crippen molar-refractivity contribution < 1.29 is 14.6 Å². The Morgan fingerprint density at radius 3 is 2.67 bits per heavy atom. The number of ether oxygens (including phenoxy) is 1. The third-order valence-electron chi connectivity index (χ3n) is 2.72. The number of carboxylic acid groups (broad SMARTS) is 1. The van der Waals surface area contributed by atoms with Crippen molar-refractivity contribution in [3.63, 3.8) is 0 Å². The van der Waals surface area contributed by atoms with Crippen molar-refractivity contribution in [1.82, 2.24) is 15.0 Å². The quantitative estimate of drug-likeness (QED) is 0.588. The first-order valence-electron chi connectivity index (χ1n) is 5.97. The lowest BCUT2D eigenvalue weighted by Gasteiger charge is -2.07. The molecule has 0 bridgehead atoms. The number of pyridine rings is 1. The second-order valence-electron chi connectivity index (χ2n) is 4.17. The van der Waals surface area contributed by atoms with Crippen molar-refractivity contribution in [1.29, 1.82) is 0 Å². The second-order valence-corrected chi connectivity index (χ2v) is 4.17. The normalized spacial score (nSPS) is 10.5. The van der Waals surface area contributed by atoms with Crippen LogP contribution in [0, 0.1) is 0 Å². The molecule has 1 aromatic carbocycles. The maximum Gasteiger partial charge on any atom is 0.409 e. The highest BCUT2D eigenvalue weighted by atomic mass is 16.5. The highest BCUT2D eigenvalue weighted by molar-refractivity contribution is 5.83. The number of anilines is 1. The van der Waals surface area contributed by atoms with Crippen LogP contribution in [0.5, 0.6) is 11.5 Å². The Balaban J connectivity index is 1.88. The van der Waals surface area contributed by atoms with E-state index >= 15 is 0 Å². The Labute approximate surface area is 117 Å². The number of H-pyrrole nitrogens is 2. The molecule has 2 heterocycles. The Hall–Kier alpha value is -3.29. The van der Waals surface area contributed by atoms with Crippen molar-refractivity contribution >= 4 is 22.9 Å². The number of carbonyl (C=O) groups is 1. The molecule has 8 nitrogen and oxygen atoms in total.